The van der Waals surface area contributed by atoms with Crippen molar-refractivity contribution in [2.45, 2.75) is 44.7 Å². The lowest BCUT2D eigenvalue weighted by molar-refractivity contribution is -0.139. The van der Waals surface area contributed by atoms with Gasteiger partial charge in [0.05, 0.1) is 5.54 Å². The second-order valence-corrected chi connectivity index (χ2v) is 6.21. The first-order valence-corrected chi connectivity index (χ1v) is 6.68. The molecule has 0 aliphatic carbocycles. The molecular formula is C13H25N3O. The van der Waals surface area contributed by atoms with E-state index >= 15 is 0 Å². The summed E-state index contributed by atoms with van der Waals surface area (Å²) in [6.07, 6.45) is 3.61. The molecule has 0 aromatic carbocycles. The summed E-state index contributed by atoms with van der Waals surface area (Å²) in [4.78, 5) is 16.6. The minimum atomic E-state index is -0.729. The Morgan fingerprint density at radius 1 is 1.29 bits per heavy atom. The Kier molecular flexibility index (Phi) is 3.46. The molecule has 0 bridgehead atoms. The number of likely N-dealkylation sites (tertiary alicyclic amines) is 2. The number of nitrogens with zero attached hydrogens (tertiary/aromatic N) is 2. The molecule has 2 N–H and O–H groups in total. The van der Waals surface area contributed by atoms with Gasteiger partial charge in [0.15, 0.2) is 0 Å². The van der Waals surface area contributed by atoms with Crippen LogP contribution in [0.5, 0.6) is 0 Å². The molecule has 2 heterocycles. The summed E-state index contributed by atoms with van der Waals surface area (Å²) in [6, 6.07) is 0.675. The van der Waals surface area contributed by atoms with E-state index in [4.69, 9.17) is 5.73 Å². The minimum Gasteiger partial charge on any atom is -0.341 e. The van der Waals surface area contributed by atoms with Crippen molar-refractivity contribution in [1.29, 1.82) is 0 Å². The number of carbonyl (C=O) groups is 1. The lowest BCUT2D eigenvalue weighted by Crippen LogP contribution is -2.58. The fourth-order valence-electron chi connectivity index (χ4n) is 3.24. The van der Waals surface area contributed by atoms with E-state index in [2.05, 4.69) is 11.9 Å². The van der Waals surface area contributed by atoms with Crippen LogP contribution in [0.25, 0.3) is 0 Å². The van der Waals surface area contributed by atoms with E-state index in [9.17, 15) is 4.79 Å². The van der Waals surface area contributed by atoms with Crippen molar-refractivity contribution in [2.24, 2.45) is 11.7 Å². The maximum absolute atomic E-state index is 12.2. The molecular weight excluding hydrogens is 214 g/mol. The number of amides is 1. The topological polar surface area (TPSA) is 49.6 Å². The van der Waals surface area contributed by atoms with Crippen LogP contribution in [0.2, 0.25) is 0 Å². The van der Waals surface area contributed by atoms with Gasteiger partial charge in [-0.05, 0) is 52.6 Å². The van der Waals surface area contributed by atoms with E-state index in [1.807, 2.05) is 4.90 Å². The zero-order chi connectivity index (χ0) is 12.6. The minimum absolute atomic E-state index is 0.101. The van der Waals surface area contributed by atoms with Crippen LogP contribution >= 0.6 is 0 Å². The van der Waals surface area contributed by atoms with Gasteiger partial charge in [0.2, 0.25) is 5.91 Å². The molecule has 0 radical (unpaired) electrons. The maximum atomic E-state index is 12.2. The van der Waals surface area contributed by atoms with Gasteiger partial charge in [-0.1, -0.05) is 0 Å². The third-order valence-corrected chi connectivity index (χ3v) is 4.18. The van der Waals surface area contributed by atoms with Crippen LogP contribution < -0.4 is 5.73 Å². The van der Waals surface area contributed by atoms with Crippen molar-refractivity contribution < 1.29 is 4.79 Å². The zero-order valence-corrected chi connectivity index (χ0v) is 11.3. The quantitative estimate of drug-likeness (QED) is 0.731. The van der Waals surface area contributed by atoms with Gasteiger partial charge in [0, 0.05) is 19.1 Å². The van der Waals surface area contributed by atoms with E-state index in [1.54, 1.807) is 13.8 Å². The number of hydrogen-bond donors (Lipinski definition) is 1. The highest BCUT2D eigenvalue weighted by Gasteiger charge is 2.38. The van der Waals surface area contributed by atoms with Gasteiger partial charge in [-0.25, -0.2) is 0 Å². The predicted octanol–water partition coefficient (Wildman–Crippen LogP) is 0.666. The van der Waals surface area contributed by atoms with Gasteiger partial charge in [0.25, 0.3) is 0 Å². The van der Waals surface area contributed by atoms with Gasteiger partial charge in [-0.2, -0.15) is 0 Å². The second kappa shape index (κ2) is 4.58. The lowest BCUT2D eigenvalue weighted by atomic mass is 9.83. The molecule has 2 fully saturated rings. The monoisotopic (exact) mass is 239 g/mol. The highest BCUT2D eigenvalue weighted by atomic mass is 16.2. The smallest absolute Gasteiger partial charge is 0.242 e. The third kappa shape index (κ3) is 2.63. The Bertz CT molecular complexity index is 298. The Labute approximate surface area is 104 Å². The number of piperidine rings is 2. The number of rotatable bonds is 1. The molecule has 0 aromatic heterocycles. The average molecular weight is 239 g/mol. The van der Waals surface area contributed by atoms with Crippen LogP contribution in [0, 0.1) is 5.92 Å². The van der Waals surface area contributed by atoms with Crippen molar-refractivity contribution in [1.82, 2.24) is 9.80 Å². The zero-order valence-electron chi connectivity index (χ0n) is 11.3. The van der Waals surface area contributed by atoms with Crippen molar-refractivity contribution in [3.05, 3.63) is 0 Å². The number of carbonyl (C=O) groups excluding carboxylic acids is 1. The standard InChI is InChI=1S/C13H25N3O/c1-13(2,14)12(17)16-8-6-11-10(9-16)5-4-7-15(11)3/h10-11H,4-9,14H2,1-3H3. The summed E-state index contributed by atoms with van der Waals surface area (Å²) in [5.41, 5.74) is 5.17. The van der Waals surface area contributed by atoms with Crippen LogP contribution in [0.1, 0.15) is 33.1 Å². The van der Waals surface area contributed by atoms with Gasteiger partial charge in [-0.15, -0.1) is 0 Å². The van der Waals surface area contributed by atoms with Gasteiger partial charge in [0.1, 0.15) is 0 Å². The number of fused-ring (bicyclic) bond motifs is 1. The third-order valence-electron chi connectivity index (χ3n) is 4.18. The highest BCUT2D eigenvalue weighted by Crippen LogP contribution is 2.30. The van der Waals surface area contributed by atoms with Gasteiger partial charge < -0.3 is 15.5 Å². The molecule has 2 rings (SSSR count). The molecule has 2 unspecified atom stereocenters. The molecule has 98 valence electrons. The second-order valence-electron chi connectivity index (χ2n) is 6.21. The molecule has 4 heteroatoms. The van der Waals surface area contributed by atoms with Gasteiger partial charge in [-0.3, -0.25) is 4.79 Å². The fraction of sp³-hybridized carbons (Fsp3) is 0.923. The molecule has 0 aromatic rings. The maximum Gasteiger partial charge on any atom is 0.242 e. The van der Waals surface area contributed by atoms with Crippen molar-refractivity contribution in [3.63, 3.8) is 0 Å². The van der Waals surface area contributed by atoms with Crippen molar-refractivity contribution in [2.75, 3.05) is 26.7 Å². The van der Waals surface area contributed by atoms with Crippen LogP contribution in [0.4, 0.5) is 0 Å². The molecule has 1 amide bonds. The Morgan fingerprint density at radius 3 is 2.65 bits per heavy atom. The first kappa shape index (κ1) is 12.8. The van der Waals surface area contributed by atoms with E-state index in [1.165, 1.54) is 19.4 Å². The molecule has 2 saturated heterocycles. The van der Waals surface area contributed by atoms with Crippen molar-refractivity contribution in [3.8, 4) is 0 Å². The van der Waals surface area contributed by atoms with E-state index in [0.29, 0.717) is 12.0 Å². The molecule has 2 aliphatic heterocycles. The van der Waals surface area contributed by atoms with Gasteiger partial charge >= 0.3 is 0 Å². The summed E-state index contributed by atoms with van der Waals surface area (Å²) in [6.45, 7) is 6.57. The molecule has 0 saturated carbocycles. The Hall–Kier alpha value is -0.610. The molecule has 2 aliphatic rings. The summed E-state index contributed by atoms with van der Waals surface area (Å²) in [5, 5.41) is 0. The molecule has 0 spiro atoms. The van der Waals surface area contributed by atoms with Crippen molar-refractivity contribution >= 4 is 5.91 Å². The normalized spacial score (nSPS) is 31.2. The number of hydrogen-bond acceptors (Lipinski definition) is 3. The average Bonchev–Trinajstić information content (AvgIpc) is 2.26. The van der Waals surface area contributed by atoms with Crippen LogP contribution in [-0.2, 0) is 4.79 Å². The van der Waals surface area contributed by atoms with Crippen LogP contribution in [0.15, 0.2) is 0 Å². The number of nitrogens with two attached hydrogens (primary N) is 1. The summed E-state index contributed by atoms with van der Waals surface area (Å²) in [5.74, 6) is 0.748. The fourth-order valence-corrected chi connectivity index (χ4v) is 3.24. The lowest BCUT2D eigenvalue weighted by Gasteiger charge is -2.46. The summed E-state index contributed by atoms with van der Waals surface area (Å²) >= 11 is 0. The van der Waals surface area contributed by atoms with Crippen LogP contribution in [0.3, 0.4) is 0 Å². The first-order chi connectivity index (χ1) is 7.89. The SMILES string of the molecule is CN1CCCC2CN(C(=O)C(C)(C)N)CCC21. The highest BCUT2D eigenvalue weighted by molar-refractivity contribution is 5.85. The van der Waals surface area contributed by atoms with E-state index in [-0.39, 0.29) is 5.91 Å². The summed E-state index contributed by atoms with van der Waals surface area (Å²) in [7, 11) is 2.21. The largest absolute Gasteiger partial charge is 0.341 e. The first-order valence-electron chi connectivity index (χ1n) is 6.68. The molecule has 17 heavy (non-hydrogen) atoms. The van der Waals surface area contributed by atoms with E-state index < -0.39 is 5.54 Å². The summed E-state index contributed by atoms with van der Waals surface area (Å²) < 4.78 is 0. The predicted molar refractivity (Wildman–Crippen MR) is 68.6 cm³/mol. The van der Waals surface area contributed by atoms with E-state index in [0.717, 1.165) is 19.5 Å². The van der Waals surface area contributed by atoms with Crippen LogP contribution in [-0.4, -0.2) is 54.0 Å². The molecule has 4 nitrogen and oxygen atoms in total. The molecule has 2 atom stereocenters. The Morgan fingerprint density at radius 2 is 2.00 bits per heavy atom. The Balaban J connectivity index is 2.00.